The number of benzene rings is 1. The molecule has 0 spiro atoms. The first kappa shape index (κ1) is 11.2. The van der Waals surface area contributed by atoms with Crippen LogP contribution in [-0.2, 0) is 16.4 Å². The van der Waals surface area contributed by atoms with Gasteiger partial charge in [-0.05, 0) is 24.1 Å². The maximum absolute atomic E-state index is 11.6. The van der Waals surface area contributed by atoms with Crippen LogP contribution in [0.1, 0.15) is 18.1 Å². The quantitative estimate of drug-likeness (QED) is 0.822. The number of aryl methyl sites for hydroxylation is 1. The van der Waals surface area contributed by atoms with Gasteiger partial charge in [0.05, 0.1) is 10.6 Å². The van der Waals surface area contributed by atoms with Gasteiger partial charge in [0.15, 0.2) is 9.84 Å². The van der Waals surface area contributed by atoms with E-state index in [1.54, 1.807) is 26.0 Å². The second kappa shape index (κ2) is 4.11. The lowest BCUT2D eigenvalue weighted by Gasteiger charge is -2.07. The molecule has 1 aromatic rings. The van der Waals surface area contributed by atoms with Crippen LogP contribution in [0.3, 0.4) is 0 Å². The van der Waals surface area contributed by atoms with Crippen molar-refractivity contribution in [2.24, 2.45) is 5.73 Å². The molecule has 0 saturated carbocycles. The Morgan fingerprint density at radius 1 is 1.36 bits per heavy atom. The summed E-state index contributed by atoms with van der Waals surface area (Å²) in [6, 6.07) is 5.31. The van der Waals surface area contributed by atoms with Gasteiger partial charge >= 0.3 is 0 Å². The lowest BCUT2D eigenvalue weighted by molar-refractivity contribution is 0.596. The van der Waals surface area contributed by atoms with Crippen molar-refractivity contribution in [3.63, 3.8) is 0 Å². The van der Waals surface area contributed by atoms with Crippen LogP contribution in [0.25, 0.3) is 0 Å². The Hall–Kier alpha value is -0.870. The van der Waals surface area contributed by atoms with Crippen molar-refractivity contribution in [3.8, 4) is 0 Å². The van der Waals surface area contributed by atoms with Gasteiger partial charge in [0.1, 0.15) is 0 Å². The van der Waals surface area contributed by atoms with Gasteiger partial charge in [0.2, 0.25) is 0 Å². The molecule has 1 aromatic carbocycles. The highest BCUT2D eigenvalue weighted by atomic mass is 32.2. The molecule has 0 aliphatic carbocycles. The molecule has 0 bridgehead atoms. The van der Waals surface area contributed by atoms with Crippen molar-refractivity contribution in [2.75, 3.05) is 5.75 Å². The van der Waals surface area contributed by atoms with Crippen LogP contribution in [0, 0.1) is 6.92 Å². The Kier molecular flexibility index (Phi) is 3.29. The summed E-state index contributed by atoms with van der Waals surface area (Å²) in [4.78, 5) is 0.406. The third-order valence-electron chi connectivity index (χ3n) is 2.20. The van der Waals surface area contributed by atoms with Crippen LogP contribution in [0.2, 0.25) is 0 Å². The molecule has 4 heteroatoms. The van der Waals surface area contributed by atoms with Crippen LogP contribution >= 0.6 is 0 Å². The van der Waals surface area contributed by atoms with E-state index in [9.17, 15) is 8.42 Å². The van der Waals surface area contributed by atoms with E-state index in [1.807, 2.05) is 6.07 Å². The third-order valence-corrected chi connectivity index (χ3v) is 4.07. The molecule has 0 radical (unpaired) electrons. The molecule has 0 heterocycles. The highest BCUT2D eigenvalue weighted by Gasteiger charge is 2.14. The Morgan fingerprint density at radius 3 is 2.50 bits per heavy atom. The molecule has 0 aromatic heterocycles. The summed E-state index contributed by atoms with van der Waals surface area (Å²) in [5.41, 5.74) is 7.09. The fourth-order valence-electron chi connectivity index (χ4n) is 1.26. The van der Waals surface area contributed by atoms with Gasteiger partial charge in [-0.25, -0.2) is 8.42 Å². The Labute approximate surface area is 84.9 Å². The predicted octanol–water partition coefficient (Wildman–Crippen LogP) is 1.25. The first-order valence-electron chi connectivity index (χ1n) is 4.53. The lowest BCUT2D eigenvalue weighted by atomic mass is 10.1. The van der Waals surface area contributed by atoms with Gasteiger partial charge in [0, 0.05) is 6.54 Å². The van der Waals surface area contributed by atoms with Gasteiger partial charge in [-0.2, -0.15) is 0 Å². The standard InChI is InChI=1S/C10H15NO2S/c1-3-14(12,13)10-6-9(7-11)5-4-8(10)2/h4-6H,3,7,11H2,1-2H3. The molecule has 0 fully saturated rings. The summed E-state index contributed by atoms with van der Waals surface area (Å²) in [5.74, 6) is 0.127. The van der Waals surface area contributed by atoms with Crippen LogP contribution < -0.4 is 5.73 Å². The van der Waals surface area contributed by atoms with E-state index >= 15 is 0 Å². The number of hydrogen-bond acceptors (Lipinski definition) is 3. The molecular weight excluding hydrogens is 198 g/mol. The minimum Gasteiger partial charge on any atom is -0.326 e. The number of sulfone groups is 1. The van der Waals surface area contributed by atoms with Crippen LogP contribution in [0.15, 0.2) is 23.1 Å². The van der Waals surface area contributed by atoms with Crippen LogP contribution in [-0.4, -0.2) is 14.2 Å². The van der Waals surface area contributed by atoms with Gasteiger partial charge in [-0.3, -0.25) is 0 Å². The largest absolute Gasteiger partial charge is 0.326 e. The van der Waals surface area contributed by atoms with E-state index in [4.69, 9.17) is 5.73 Å². The summed E-state index contributed by atoms with van der Waals surface area (Å²) < 4.78 is 23.3. The number of rotatable bonds is 3. The predicted molar refractivity (Wildman–Crippen MR) is 56.8 cm³/mol. The number of hydrogen-bond donors (Lipinski definition) is 1. The van der Waals surface area contributed by atoms with Crippen molar-refractivity contribution in [1.29, 1.82) is 0 Å². The highest BCUT2D eigenvalue weighted by Crippen LogP contribution is 2.18. The smallest absolute Gasteiger partial charge is 0.178 e. The number of nitrogens with two attached hydrogens (primary N) is 1. The molecule has 1 rings (SSSR count). The van der Waals surface area contributed by atoms with E-state index in [1.165, 1.54) is 0 Å². The van der Waals surface area contributed by atoms with Gasteiger partial charge in [-0.1, -0.05) is 19.1 Å². The Balaban J connectivity index is 3.33. The van der Waals surface area contributed by atoms with Crippen molar-refractivity contribution in [1.82, 2.24) is 0 Å². The molecule has 0 saturated heterocycles. The topological polar surface area (TPSA) is 60.2 Å². The van der Waals surface area contributed by atoms with E-state index < -0.39 is 9.84 Å². The van der Waals surface area contributed by atoms with E-state index in [-0.39, 0.29) is 5.75 Å². The molecule has 78 valence electrons. The summed E-state index contributed by atoms with van der Waals surface area (Å²) >= 11 is 0. The molecule has 3 nitrogen and oxygen atoms in total. The second-order valence-electron chi connectivity index (χ2n) is 3.21. The summed E-state index contributed by atoms with van der Waals surface area (Å²) in [5, 5.41) is 0. The molecule has 0 aliphatic heterocycles. The molecule has 0 atom stereocenters. The second-order valence-corrected chi connectivity index (χ2v) is 5.45. The minimum absolute atomic E-state index is 0.127. The normalized spacial score (nSPS) is 11.6. The van der Waals surface area contributed by atoms with Crippen molar-refractivity contribution in [3.05, 3.63) is 29.3 Å². The average molecular weight is 213 g/mol. The maximum atomic E-state index is 11.6. The SMILES string of the molecule is CCS(=O)(=O)c1cc(CN)ccc1C. The fraction of sp³-hybridized carbons (Fsp3) is 0.400. The van der Waals surface area contributed by atoms with Crippen molar-refractivity contribution < 1.29 is 8.42 Å². The average Bonchev–Trinajstić information content (AvgIpc) is 2.18. The monoisotopic (exact) mass is 213 g/mol. The summed E-state index contributed by atoms with van der Waals surface area (Å²) in [6.45, 7) is 3.80. The minimum atomic E-state index is -3.12. The Morgan fingerprint density at radius 2 is 2.00 bits per heavy atom. The zero-order chi connectivity index (χ0) is 10.8. The Bertz CT molecular complexity index is 424. The first-order chi connectivity index (χ1) is 6.51. The van der Waals surface area contributed by atoms with Crippen LogP contribution in [0.4, 0.5) is 0 Å². The van der Waals surface area contributed by atoms with Gasteiger partial charge in [0.25, 0.3) is 0 Å². The molecule has 14 heavy (non-hydrogen) atoms. The summed E-state index contributed by atoms with van der Waals surface area (Å²) in [7, 11) is -3.12. The summed E-state index contributed by atoms with van der Waals surface area (Å²) in [6.07, 6.45) is 0. The zero-order valence-corrected chi connectivity index (χ0v) is 9.26. The maximum Gasteiger partial charge on any atom is 0.178 e. The van der Waals surface area contributed by atoms with E-state index in [0.29, 0.717) is 11.4 Å². The zero-order valence-electron chi connectivity index (χ0n) is 8.45. The molecule has 0 amide bonds. The van der Waals surface area contributed by atoms with Crippen molar-refractivity contribution >= 4 is 9.84 Å². The molecule has 0 aliphatic rings. The van der Waals surface area contributed by atoms with E-state index in [0.717, 1.165) is 11.1 Å². The van der Waals surface area contributed by atoms with Gasteiger partial charge < -0.3 is 5.73 Å². The van der Waals surface area contributed by atoms with Gasteiger partial charge in [-0.15, -0.1) is 0 Å². The fourth-order valence-corrected chi connectivity index (χ4v) is 2.46. The molecule has 2 N–H and O–H groups in total. The van der Waals surface area contributed by atoms with Crippen LogP contribution in [0.5, 0.6) is 0 Å². The third kappa shape index (κ3) is 2.13. The lowest BCUT2D eigenvalue weighted by Crippen LogP contribution is -2.07. The molecular formula is C10H15NO2S. The first-order valence-corrected chi connectivity index (χ1v) is 6.19. The highest BCUT2D eigenvalue weighted by molar-refractivity contribution is 7.91. The van der Waals surface area contributed by atoms with E-state index in [2.05, 4.69) is 0 Å². The molecule has 0 unspecified atom stereocenters. The van der Waals surface area contributed by atoms with Crippen molar-refractivity contribution in [2.45, 2.75) is 25.3 Å².